The van der Waals surface area contributed by atoms with E-state index >= 15 is 0 Å². The van der Waals surface area contributed by atoms with Crippen molar-refractivity contribution in [3.8, 4) is 0 Å². The van der Waals surface area contributed by atoms with Crippen molar-refractivity contribution in [2.24, 2.45) is 10.7 Å². The molecule has 2 aromatic carbocycles. The van der Waals surface area contributed by atoms with Crippen molar-refractivity contribution in [2.45, 2.75) is 33.2 Å². The Balaban J connectivity index is 1.92. The highest BCUT2D eigenvalue weighted by Gasteiger charge is 2.08. The first-order chi connectivity index (χ1) is 14.4. The Labute approximate surface area is 178 Å². The molecule has 0 aliphatic carbocycles. The lowest BCUT2D eigenvalue weighted by molar-refractivity contribution is -0.117. The van der Waals surface area contributed by atoms with Gasteiger partial charge in [-0.25, -0.2) is 4.99 Å². The van der Waals surface area contributed by atoms with Crippen molar-refractivity contribution >= 4 is 17.8 Å². The van der Waals surface area contributed by atoms with Crippen LogP contribution in [0.2, 0.25) is 0 Å². The molecule has 0 aliphatic rings. The van der Waals surface area contributed by atoms with Crippen molar-refractivity contribution in [1.82, 2.24) is 16.0 Å². The Morgan fingerprint density at radius 3 is 2.27 bits per heavy atom. The van der Waals surface area contributed by atoms with E-state index in [1.807, 2.05) is 19.1 Å². The van der Waals surface area contributed by atoms with E-state index in [1.54, 1.807) is 12.1 Å². The summed E-state index contributed by atoms with van der Waals surface area (Å²) in [4.78, 5) is 27.3. The fourth-order valence-electron chi connectivity index (χ4n) is 2.81. The molecule has 7 heteroatoms. The van der Waals surface area contributed by atoms with Gasteiger partial charge in [-0.1, -0.05) is 48.9 Å². The molecule has 1 atom stereocenters. The van der Waals surface area contributed by atoms with Gasteiger partial charge in [0.1, 0.15) is 0 Å². The van der Waals surface area contributed by atoms with E-state index in [1.165, 1.54) is 11.1 Å². The van der Waals surface area contributed by atoms with Crippen LogP contribution in [0.15, 0.2) is 53.5 Å². The van der Waals surface area contributed by atoms with Crippen molar-refractivity contribution in [3.05, 3.63) is 70.8 Å². The van der Waals surface area contributed by atoms with Crippen molar-refractivity contribution in [3.63, 3.8) is 0 Å². The second kappa shape index (κ2) is 11.6. The largest absolute Gasteiger partial charge is 0.368 e. The van der Waals surface area contributed by atoms with Gasteiger partial charge < -0.3 is 21.7 Å². The van der Waals surface area contributed by atoms with Gasteiger partial charge in [0.05, 0.1) is 13.1 Å². The zero-order chi connectivity index (χ0) is 21.9. The van der Waals surface area contributed by atoms with Crippen LogP contribution in [0.25, 0.3) is 0 Å². The van der Waals surface area contributed by atoms with E-state index in [0.717, 1.165) is 24.6 Å². The number of amides is 2. The normalized spacial score (nSPS) is 12.2. The number of guanidine groups is 1. The average Bonchev–Trinajstić information content (AvgIpc) is 2.74. The minimum absolute atomic E-state index is 0.177. The zero-order valence-corrected chi connectivity index (χ0v) is 17.9. The quantitative estimate of drug-likeness (QED) is 0.375. The maximum atomic E-state index is 11.9. The molecule has 0 heterocycles. The maximum absolute atomic E-state index is 11.9. The molecule has 0 bridgehead atoms. The Kier molecular flexibility index (Phi) is 8.87. The van der Waals surface area contributed by atoms with Gasteiger partial charge in [0.25, 0.3) is 5.91 Å². The molecule has 0 saturated carbocycles. The zero-order valence-electron chi connectivity index (χ0n) is 17.9. The molecule has 0 saturated heterocycles. The van der Waals surface area contributed by atoms with E-state index < -0.39 is 5.91 Å². The molecule has 2 amide bonds. The van der Waals surface area contributed by atoms with Crippen LogP contribution in [0.5, 0.6) is 0 Å². The monoisotopic (exact) mass is 409 g/mol. The Hall–Kier alpha value is -3.35. The summed E-state index contributed by atoms with van der Waals surface area (Å²) in [5.41, 5.74) is 9.03. The smallest absolute Gasteiger partial charge is 0.251 e. The average molecular weight is 410 g/mol. The van der Waals surface area contributed by atoms with E-state index in [0.29, 0.717) is 18.0 Å². The minimum Gasteiger partial charge on any atom is -0.368 e. The number of hydrogen-bond acceptors (Lipinski definition) is 3. The van der Waals surface area contributed by atoms with E-state index in [-0.39, 0.29) is 12.5 Å². The predicted octanol–water partition coefficient (Wildman–Crippen LogP) is 2.07. The van der Waals surface area contributed by atoms with E-state index in [4.69, 9.17) is 5.73 Å². The first-order valence-corrected chi connectivity index (χ1v) is 10.1. The first kappa shape index (κ1) is 22.9. The summed E-state index contributed by atoms with van der Waals surface area (Å²) in [5, 5.41) is 9.12. The van der Waals surface area contributed by atoms with Crippen LogP contribution in [0, 0.1) is 6.92 Å². The number of aliphatic imine (C=N–C) groups is 1. The van der Waals surface area contributed by atoms with E-state index in [9.17, 15) is 9.59 Å². The molecule has 0 fully saturated rings. The van der Waals surface area contributed by atoms with E-state index in [2.05, 4.69) is 59.1 Å². The number of rotatable bonds is 9. The molecule has 160 valence electrons. The molecule has 0 aliphatic heterocycles. The standard InChI is InChI=1S/C23H31N5O2/c1-4-25-23(27-13-17(3)19-9-5-16(2)6-10-19)28-14-18-7-11-20(12-8-18)22(30)26-15-21(24)29/h5-12,17H,4,13-15H2,1-3H3,(H2,24,29)(H,26,30)(H2,25,27,28). The van der Waals surface area contributed by atoms with Gasteiger partial charge in [0, 0.05) is 18.7 Å². The van der Waals surface area contributed by atoms with Gasteiger partial charge in [0.15, 0.2) is 5.96 Å². The van der Waals surface area contributed by atoms with Gasteiger partial charge >= 0.3 is 0 Å². The van der Waals surface area contributed by atoms with Crippen LogP contribution in [-0.4, -0.2) is 37.4 Å². The molecule has 30 heavy (non-hydrogen) atoms. The molecular weight excluding hydrogens is 378 g/mol. The second-order valence-corrected chi connectivity index (χ2v) is 7.23. The molecule has 5 N–H and O–H groups in total. The van der Waals surface area contributed by atoms with Gasteiger partial charge in [-0.3, -0.25) is 9.59 Å². The minimum atomic E-state index is -0.575. The van der Waals surface area contributed by atoms with Crippen molar-refractivity contribution in [2.75, 3.05) is 19.6 Å². The number of nitrogens with one attached hydrogen (secondary N) is 3. The van der Waals surface area contributed by atoms with Crippen LogP contribution in [-0.2, 0) is 11.3 Å². The number of aryl methyl sites for hydroxylation is 1. The third-order valence-corrected chi connectivity index (χ3v) is 4.63. The SMILES string of the molecule is CCNC(=NCc1ccc(C(=O)NCC(N)=O)cc1)NCC(C)c1ccc(C)cc1. The Morgan fingerprint density at radius 2 is 1.67 bits per heavy atom. The first-order valence-electron chi connectivity index (χ1n) is 10.1. The third-order valence-electron chi connectivity index (χ3n) is 4.63. The number of nitrogens with zero attached hydrogens (tertiary/aromatic N) is 1. The molecule has 7 nitrogen and oxygen atoms in total. The van der Waals surface area contributed by atoms with Gasteiger partial charge in [-0.15, -0.1) is 0 Å². The number of primary amides is 1. The topological polar surface area (TPSA) is 109 Å². The summed E-state index contributed by atoms with van der Waals surface area (Å²) in [6.07, 6.45) is 0. The summed E-state index contributed by atoms with van der Waals surface area (Å²) in [5.74, 6) is 0.200. The van der Waals surface area contributed by atoms with Gasteiger partial charge in [0.2, 0.25) is 5.91 Å². The molecule has 0 radical (unpaired) electrons. The Morgan fingerprint density at radius 1 is 1.00 bits per heavy atom. The lowest BCUT2D eigenvalue weighted by atomic mass is 10.0. The molecular formula is C23H31N5O2. The third kappa shape index (κ3) is 7.58. The highest BCUT2D eigenvalue weighted by atomic mass is 16.2. The van der Waals surface area contributed by atoms with Crippen LogP contribution < -0.4 is 21.7 Å². The molecule has 0 aromatic heterocycles. The number of carbonyl (C=O) groups is 2. The molecule has 2 aromatic rings. The number of hydrogen-bond donors (Lipinski definition) is 4. The molecule has 1 unspecified atom stereocenters. The lowest BCUT2D eigenvalue weighted by Crippen LogP contribution is -2.39. The number of nitrogens with two attached hydrogens (primary N) is 1. The van der Waals surface area contributed by atoms with Crippen LogP contribution in [0.1, 0.15) is 46.8 Å². The fraction of sp³-hybridized carbons (Fsp3) is 0.348. The summed E-state index contributed by atoms with van der Waals surface area (Å²) in [6, 6.07) is 15.7. The fourth-order valence-corrected chi connectivity index (χ4v) is 2.81. The summed E-state index contributed by atoms with van der Waals surface area (Å²) in [6.45, 7) is 8.14. The second-order valence-electron chi connectivity index (χ2n) is 7.23. The van der Waals surface area contributed by atoms with Gasteiger partial charge in [-0.05, 0) is 43.0 Å². The highest BCUT2D eigenvalue weighted by Crippen LogP contribution is 2.14. The molecule has 2 rings (SSSR count). The Bertz CT molecular complexity index is 860. The van der Waals surface area contributed by atoms with Gasteiger partial charge in [-0.2, -0.15) is 0 Å². The predicted molar refractivity (Wildman–Crippen MR) is 120 cm³/mol. The van der Waals surface area contributed by atoms with Crippen molar-refractivity contribution in [1.29, 1.82) is 0 Å². The maximum Gasteiger partial charge on any atom is 0.251 e. The highest BCUT2D eigenvalue weighted by molar-refractivity contribution is 5.96. The van der Waals surface area contributed by atoms with Crippen LogP contribution in [0.3, 0.4) is 0 Å². The summed E-state index contributed by atoms with van der Waals surface area (Å²) >= 11 is 0. The van der Waals surface area contributed by atoms with Crippen LogP contribution >= 0.6 is 0 Å². The molecule has 0 spiro atoms. The lowest BCUT2D eigenvalue weighted by Gasteiger charge is -2.16. The number of benzene rings is 2. The summed E-state index contributed by atoms with van der Waals surface area (Å²) in [7, 11) is 0. The number of carbonyl (C=O) groups excluding carboxylic acids is 2. The van der Waals surface area contributed by atoms with Crippen LogP contribution in [0.4, 0.5) is 0 Å². The van der Waals surface area contributed by atoms with Crippen molar-refractivity contribution < 1.29 is 9.59 Å². The summed E-state index contributed by atoms with van der Waals surface area (Å²) < 4.78 is 0.